The van der Waals surface area contributed by atoms with Crippen LogP contribution in [0, 0.1) is 0 Å². The topological polar surface area (TPSA) is 20.3 Å². The van der Waals surface area contributed by atoms with Crippen LogP contribution < -0.4 is 0 Å². The predicted octanol–water partition coefficient (Wildman–Crippen LogP) is 5.06. The van der Waals surface area contributed by atoms with Crippen LogP contribution in [0.4, 0.5) is 0 Å². The van der Waals surface area contributed by atoms with Crippen molar-refractivity contribution in [2.45, 2.75) is 32.7 Å². The Morgan fingerprint density at radius 3 is 2.83 bits per heavy atom. The van der Waals surface area contributed by atoms with Gasteiger partial charge in [0.15, 0.2) is 5.78 Å². The van der Waals surface area contributed by atoms with E-state index in [4.69, 9.17) is 11.6 Å². The Kier molecular flexibility index (Phi) is 5.24. The lowest BCUT2D eigenvalue weighted by molar-refractivity contribution is -0.113. The summed E-state index contributed by atoms with van der Waals surface area (Å²) in [6.45, 7) is 10.1. The van der Waals surface area contributed by atoms with Crippen molar-refractivity contribution in [3.8, 4) is 0 Å². The minimum atomic E-state index is 0.0653. The lowest BCUT2D eigenvalue weighted by atomic mass is 9.85. The highest BCUT2D eigenvalue weighted by Crippen LogP contribution is 2.41. The largest absolute Gasteiger partial charge is 0.295 e. The van der Waals surface area contributed by atoms with Crippen molar-refractivity contribution >= 4 is 28.7 Å². The maximum absolute atomic E-state index is 11.6. The number of Topliss-reactive ketones (excluding diaryl/α,β-unsaturated/α-hetero) is 1. The second kappa shape index (κ2) is 7.22. The standard InChI is InChI=1S/C20H22ClNOS/c1-4-15-7-5-6-8-16(15)18-11-22(10-13(2)14(3)23)12-19-17(18)9-20(21)24-19/h5-9,18H,2,4,10-12H2,1,3H3/t18-/m0/s1. The van der Waals surface area contributed by atoms with Gasteiger partial charge in [0.2, 0.25) is 0 Å². The Morgan fingerprint density at radius 2 is 2.12 bits per heavy atom. The SMILES string of the molecule is C=C(CN1Cc2sc(Cl)cc2[C@H](c2ccccc2CC)C1)C(C)=O. The molecule has 1 atom stereocenters. The molecule has 0 aliphatic carbocycles. The number of halogens is 1. The highest BCUT2D eigenvalue weighted by molar-refractivity contribution is 7.16. The van der Waals surface area contributed by atoms with Crippen LogP contribution in [0.1, 0.15) is 41.3 Å². The summed E-state index contributed by atoms with van der Waals surface area (Å²) in [4.78, 5) is 15.2. The fraction of sp³-hybridized carbons (Fsp3) is 0.350. The zero-order chi connectivity index (χ0) is 17.3. The van der Waals surface area contributed by atoms with Crippen LogP contribution in [0.5, 0.6) is 0 Å². The minimum absolute atomic E-state index is 0.0653. The van der Waals surface area contributed by atoms with Crippen LogP contribution in [0.3, 0.4) is 0 Å². The first-order chi connectivity index (χ1) is 11.5. The molecule has 2 aromatic rings. The molecule has 126 valence electrons. The van der Waals surface area contributed by atoms with Gasteiger partial charge in [0.25, 0.3) is 0 Å². The molecule has 4 heteroatoms. The van der Waals surface area contributed by atoms with E-state index in [1.165, 1.54) is 21.6 Å². The number of nitrogens with zero attached hydrogens (tertiary/aromatic N) is 1. The van der Waals surface area contributed by atoms with Crippen molar-refractivity contribution in [2.24, 2.45) is 0 Å². The van der Waals surface area contributed by atoms with E-state index >= 15 is 0 Å². The molecule has 24 heavy (non-hydrogen) atoms. The third kappa shape index (κ3) is 3.49. The van der Waals surface area contributed by atoms with E-state index in [1.54, 1.807) is 18.3 Å². The lowest BCUT2D eigenvalue weighted by Gasteiger charge is -2.34. The maximum Gasteiger partial charge on any atom is 0.156 e. The normalized spacial score (nSPS) is 17.5. The molecule has 0 unspecified atom stereocenters. The number of hydrogen-bond donors (Lipinski definition) is 0. The van der Waals surface area contributed by atoms with Crippen LogP contribution in [0.2, 0.25) is 4.34 Å². The summed E-state index contributed by atoms with van der Waals surface area (Å²) in [6.07, 6.45) is 1.01. The summed E-state index contributed by atoms with van der Waals surface area (Å²) in [6, 6.07) is 10.8. The number of carbonyl (C=O) groups excluding carboxylic acids is 1. The second-order valence-electron chi connectivity index (χ2n) is 6.36. The molecule has 3 rings (SSSR count). The number of carbonyl (C=O) groups is 1. The van der Waals surface area contributed by atoms with Gasteiger partial charge in [0.1, 0.15) is 0 Å². The quantitative estimate of drug-likeness (QED) is 0.696. The number of ketones is 1. The van der Waals surface area contributed by atoms with E-state index in [0.29, 0.717) is 18.0 Å². The molecule has 2 heterocycles. The Morgan fingerprint density at radius 1 is 1.38 bits per heavy atom. The molecule has 0 saturated heterocycles. The number of fused-ring (bicyclic) bond motifs is 1. The summed E-state index contributed by atoms with van der Waals surface area (Å²) >= 11 is 7.96. The third-order valence-corrected chi connectivity index (χ3v) is 5.98. The van der Waals surface area contributed by atoms with Crippen molar-refractivity contribution < 1.29 is 4.79 Å². The van der Waals surface area contributed by atoms with Crippen molar-refractivity contribution in [1.82, 2.24) is 4.90 Å². The Balaban J connectivity index is 1.97. The fourth-order valence-corrected chi connectivity index (χ4v) is 4.80. The Hall–Kier alpha value is -1.42. The van der Waals surface area contributed by atoms with Crippen molar-refractivity contribution in [3.63, 3.8) is 0 Å². The molecule has 0 fully saturated rings. The van der Waals surface area contributed by atoms with Crippen molar-refractivity contribution in [3.05, 3.63) is 68.4 Å². The van der Waals surface area contributed by atoms with E-state index < -0.39 is 0 Å². The van der Waals surface area contributed by atoms with Crippen molar-refractivity contribution in [1.29, 1.82) is 0 Å². The zero-order valence-electron chi connectivity index (χ0n) is 14.1. The zero-order valence-corrected chi connectivity index (χ0v) is 15.7. The van der Waals surface area contributed by atoms with Gasteiger partial charge in [-0.15, -0.1) is 11.3 Å². The average molecular weight is 360 g/mol. The van der Waals surface area contributed by atoms with Gasteiger partial charge in [-0.05, 0) is 36.1 Å². The molecule has 0 spiro atoms. The molecular formula is C20H22ClNOS. The number of aryl methyl sites for hydroxylation is 1. The average Bonchev–Trinajstić information content (AvgIpc) is 2.94. The minimum Gasteiger partial charge on any atom is -0.295 e. The van der Waals surface area contributed by atoms with Gasteiger partial charge >= 0.3 is 0 Å². The second-order valence-corrected chi connectivity index (χ2v) is 8.13. The molecule has 1 aliphatic heterocycles. The van der Waals surface area contributed by atoms with Gasteiger partial charge in [0.05, 0.1) is 4.34 Å². The van der Waals surface area contributed by atoms with E-state index in [1.807, 2.05) is 0 Å². The third-order valence-electron chi connectivity index (χ3n) is 4.72. The summed E-state index contributed by atoms with van der Waals surface area (Å²) in [5.41, 5.74) is 4.76. The molecule has 2 nitrogen and oxygen atoms in total. The number of thiophene rings is 1. The first-order valence-corrected chi connectivity index (χ1v) is 9.46. The van der Waals surface area contributed by atoms with E-state index in [-0.39, 0.29) is 5.78 Å². The smallest absolute Gasteiger partial charge is 0.156 e. The van der Waals surface area contributed by atoms with Crippen LogP contribution in [-0.4, -0.2) is 23.8 Å². The Bertz CT molecular complexity index is 780. The fourth-order valence-electron chi connectivity index (χ4n) is 3.42. The van der Waals surface area contributed by atoms with Gasteiger partial charge in [0, 0.05) is 36.0 Å². The predicted molar refractivity (Wildman–Crippen MR) is 102 cm³/mol. The summed E-state index contributed by atoms with van der Waals surface area (Å²) in [5, 5.41) is 0. The van der Waals surface area contributed by atoms with Gasteiger partial charge in [-0.2, -0.15) is 0 Å². The first kappa shape index (κ1) is 17.4. The molecule has 0 amide bonds. The van der Waals surface area contributed by atoms with Crippen LogP contribution in [0.15, 0.2) is 42.5 Å². The van der Waals surface area contributed by atoms with Gasteiger partial charge in [-0.25, -0.2) is 0 Å². The summed E-state index contributed by atoms with van der Waals surface area (Å²) in [5.74, 6) is 0.365. The molecule has 1 aromatic carbocycles. The van der Waals surface area contributed by atoms with Crippen molar-refractivity contribution in [2.75, 3.05) is 13.1 Å². The molecule has 0 saturated carbocycles. The molecule has 1 aliphatic rings. The van der Waals surface area contributed by atoms with E-state index in [0.717, 1.165) is 23.8 Å². The first-order valence-electron chi connectivity index (χ1n) is 8.26. The summed E-state index contributed by atoms with van der Waals surface area (Å²) < 4.78 is 0.839. The number of benzene rings is 1. The van der Waals surface area contributed by atoms with Crippen LogP contribution in [0.25, 0.3) is 0 Å². The molecule has 0 radical (unpaired) electrons. The lowest BCUT2D eigenvalue weighted by Crippen LogP contribution is -2.35. The molecule has 0 bridgehead atoms. The van der Waals surface area contributed by atoms with Gasteiger partial charge < -0.3 is 0 Å². The monoisotopic (exact) mass is 359 g/mol. The summed E-state index contributed by atoms with van der Waals surface area (Å²) in [7, 11) is 0. The van der Waals surface area contributed by atoms with E-state index in [2.05, 4.69) is 48.7 Å². The van der Waals surface area contributed by atoms with Crippen LogP contribution >= 0.6 is 22.9 Å². The number of rotatable bonds is 5. The number of hydrogen-bond acceptors (Lipinski definition) is 3. The van der Waals surface area contributed by atoms with Gasteiger partial charge in [-0.1, -0.05) is 49.4 Å². The molecular weight excluding hydrogens is 338 g/mol. The maximum atomic E-state index is 11.6. The highest BCUT2D eigenvalue weighted by atomic mass is 35.5. The van der Waals surface area contributed by atoms with E-state index in [9.17, 15) is 4.79 Å². The Labute approximate surface area is 152 Å². The van der Waals surface area contributed by atoms with Gasteiger partial charge in [-0.3, -0.25) is 9.69 Å². The van der Waals surface area contributed by atoms with Crippen LogP contribution in [-0.2, 0) is 17.8 Å². The molecule has 0 N–H and O–H groups in total. The molecule has 1 aromatic heterocycles. The highest BCUT2D eigenvalue weighted by Gasteiger charge is 2.30.